The number of H-pyrrole nitrogens is 1. The Morgan fingerprint density at radius 3 is 2.59 bits per heavy atom. The Morgan fingerprint density at radius 2 is 1.85 bits per heavy atom. The van der Waals surface area contributed by atoms with Crippen LogP contribution in [-0.4, -0.2) is 27.1 Å². The molecule has 0 unspecified atom stereocenters. The maximum atomic E-state index is 14.0. The van der Waals surface area contributed by atoms with E-state index in [0.29, 0.717) is 12.1 Å². The van der Waals surface area contributed by atoms with Gasteiger partial charge in [0.15, 0.2) is 0 Å². The van der Waals surface area contributed by atoms with Crippen molar-refractivity contribution < 1.29 is 9.50 Å². The summed E-state index contributed by atoms with van der Waals surface area (Å²) in [7, 11) is 1.89. The lowest BCUT2D eigenvalue weighted by molar-refractivity contribution is 0.282. The van der Waals surface area contributed by atoms with E-state index in [1.807, 2.05) is 48.3 Å². The molecular weight excluding hydrogens is 343 g/mol. The first-order valence-corrected chi connectivity index (χ1v) is 8.64. The smallest absolute Gasteiger partial charge is 0.143 e. The molecule has 0 bridgehead atoms. The van der Waals surface area contributed by atoms with Crippen LogP contribution in [0, 0.1) is 5.82 Å². The summed E-state index contributed by atoms with van der Waals surface area (Å²) in [5.41, 5.74) is 4.10. The average molecular weight is 362 g/mol. The summed E-state index contributed by atoms with van der Waals surface area (Å²) in [6.45, 7) is 0.425. The number of hydrogen-bond donors (Lipinski definition) is 2. The van der Waals surface area contributed by atoms with Crippen molar-refractivity contribution in [3.63, 3.8) is 0 Å². The first kappa shape index (κ1) is 17.2. The van der Waals surface area contributed by atoms with Gasteiger partial charge in [0.1, 0.15) is 23.6 Å². The van der Waals surface area contributed by atoms with Gasteiger partial charge >= 0.3 is 0 Å². The minimum atomic E-state index is -0.228. The third-order valence-electron chi connectivity index (χ3n) is 4.58. The van der Waals surface area contributed by atoms with Crippen molar-refractivity contribution in [3.05, 3.63) is 77.9 Å². The molecule has 4 rings (SSSR count). The first-order valence-electron chi connectivity index (χ1n) is 8.64. The number of benzene rings is 2. The molecule has 0 saturated heterocycles. The van der Waals surface area contributed by atoms with Crippen LogP contribution in [0.4, 0.5) is 10.2 Å². The predicted octanol–water partition coefficient (Wildman–Crippen LogP) is 3.89. The molecule has 0 radical (unpaired) electrons. The van der Waals surface area contributed by atoms with Crippen molar-refractivity contribution in [2.45, 2.75) is 13.2 Å². The molecule has 0 saturated carbocycles. The fourth-order valence-corrected chi connectivity index (χ4v) is 3.13. The van der Waals surface area contributed by atoms with Gasteiger partial charge in [-0.25, -0.2) is 14.4 Å². The quantitative estimate of drug-likeness (QED) is 0.565. The summed E-state index contributed by atoms with van der Waals surface area (Å²) in [4.78, 5) is 13.9. The van der Waals surface area contributed by atoms with Crippen LogP contribution in [0.3, 0.4) is 0 Å². The number of hydrogen-bond acceptors (Lipinski definition) is 4. The summed E-state index contributed by atoms with van der Waals surface area (Å²) in [5.74, 6) is 0.506. The lowest BCUT2D eigenvalue weighted by Gasteiger charge is -2.19. The molecule has 0 aliphatic carbocycles. The van der Waals surface area contributed by atoms with Crippen LogP contribution in [0.5, 0.6) is 0 Å². The molecule has 2 aromatic carbocycles. The summed E-state index contributed by atoms with van der Waals surface area (Å²) in [6.07, 6.45) is 1.50. The zero-order valence-corrected chi connectivity index (χ0v) is 14.9. The fraction of sp³-hybridized carbons (Fsp3) is 0.143. The van der Waals surface area contributed by atoms with E-state index in [9.17, 15) is 9.50 Å². The second-order valence-electron chi connectivity index (χ2n) is 6.45. The van der Waals surface area contributed by atoms with E-state index in [1.54, 1.807) is 12.1 Å². The molecule has 2 N–H and O–H groups in total. The van der Waals surface area contributed by atoms with E-state index < -0.39 is 0 Å². The number of aromatic amines is 1. The van der Waals surface area contributed by atoms with Gasteiger partial charge in [-0.2, -0.15) is 0 Å². The van der Waals surface area contributed by atoms with E-state index in [-0.39, 0.29) is 12.4 Å². The number of anilines is 1. The first-order chi connectivity index (χ1) is 13.2. The number of nitrogens with one attached hydrogen (secondary N) is 1. The monoisotopic (exact) mass is 362 g/mol. The van der Waals surface area contributed by atoms with Crippen LogP contribution < -0.4 is 4.90 Å². The van der Waals surface area contributed by atoms with Gasteiger partial charge in [-0.05, 0) is 23.3 Å². The lowest BCUT2D eigenvalue weighted by Crippen LogP contribution is -2.18. The summed E-state index contributed by atoms with van der Waals surface area (Å²) in [6, 6.07) is 16.4. The molecule has 0 fully saturated rings. The Hall–Kier alpha value is -3.25. The van der Waals surface area contributed by atoms with Gasteiger partial charge < -0.3 is 15.0 Å². The normalized spacial score (nSPS) is 11.1. The standard InChI is InChI=1S/C21H19FN4O/c1-26(11-16-4-2-3-5-18(16)22)21-17-10-19(25-20(17)23-13-24-21)15-8-6-14(12-27)7-9-15/h2-10,13,27H,11-12H2,1H3,(H,23,24,25). The minimum absolute atomic E-state index is 0.0173. The van der Waals surface area contributed by atoms with Crippen molar-refractivity contribution in [1.29, 1.82) is 0 Å². The third kappa shape index (κ3) is 3.39. The summed E-state index contributed by atoms with van der Waals surface area (Å²) >= 11 is 0. The molecule has 2 heterocycles. The maximum Gasteiger partial charge on any atom is 0.143 e. The molecule has 0 aliphatic heterocycles. The van der Waals surface area contributed by atoms with Gasteiger partial charge in [0.05, 0.1) is 12.0 Å². The molecule has 5 nitrogen and oxygen atoms in total. The highest BCUT2D eigenvalue weighted by Gasteiger charge is 2.14. The van der Waals surface area contributed by atoms with Crippen molar-refractivity contribution in [2.75, 3.05) is 11.9 Å². The Bertz CT molecular complexity index is 1080. The molecule has 2 aromatic heterocycles. The van der Waals surface area contributed by atoms with E-state index in [0.717, 1.165) is 33.7 Å². The van der Waals surface area contributed by atoms with Gasteiger partial charge in [-0.15, -0.1) is 0 Å². The van der Waals surface area contributed by atoms with Gasteiger partial charge in [0.25, 0.3) is 0 Å². The number of fused-ring (bicyclic) bond motifs is 1. The number of aromatic nitrogens is 3. The van der Waals surface area contributed by atoms with Gasteiger partial charge in [0, 0.05) is 24.8 Å². The molecule has 6 heteroatoms. The molecule has 0 amide bonds. The highest BCUT2D eigenvalue weighted by molar-refractivity contribution is 5.91. The Kier molecular flexibility index (Phi) is 4.56. The van der Waals surface area contributed by atoms with Gasteiger partial charge in [-0.1, -0.05) is 42.5 Å². The summed E-state index contributed by atoms with van der Waals surface area (Å²) in [5, 5.41) is 10.1. The van der Waals surface area contributed by atoms with Crippen molar-refractivity contribution in [2.24, 2.45) is 0 Å². The average Bonchev–Trinajstić information content (AvgIpc) is 3.14. The molecule has 0 atom stereocenters. The Balaban J connectivity index is 1.69. The topological polar surface area (TPSA) is 65.0 Å². The summed E-state index contributed by atoms with van der Waals surface area (Å²) < 4.78 is 14.0. The molecular formula is C21H19FN4O. The lowest BCUT2D eigenvalue weighted by atomic mass is 10.1. The fourth-order valence-electron chi connectivity index (χ4n) is 3.13. The highest BCUT2D eigenvalue weighted by atomic mass is 19.1. The van der Waals surface area contributed by atoms with Crippen LogP contribution in [0.15, 0.2) is 60.9 Å². The molecule has 4 aromatic rings. The van der Waals surface area contributed by atoms with E-state index in [4.69, 9.17) is 0 Å². The number of aliphatic hydroxyl groups excluding tert-OH is 1. The van der Waals surface area contributed by atoms with Gasteiger partial charge in [0.2, 0.25) is 0 Å². The van der Waals surface area contributed by atoms with Crippen LogP contribution >= 0.6 is 0 Å². The molecule has 0 spiro atoms. The van der Waals surface area contributed by atoms with Gasteiger partial charge in [-0.3, -0.25) is 0 Å². The third-order valence-corrected chi connectivity index (χ3v) is 4.58. The van der Waals surface area contributed by atoms with Crippen molar-refractivity contribution in [3.8, 4) is 11.3 Å². The van der Waals surface area contributed by atoms with E-state index >= 15 is 0 Å². The van der Waals surface area contributed by atoms with E-state index in [2.05, 4.69) is 15.0 Å². The Morgan fingerprint density at radius 1 is 1.07 bits per heavy atom. The second kappa shape index (κ2) is 7.17. The predicted molar refractivity (Wildman–Crippen MR) is 104 cm³/mol. The molecule has 0 aliphatic rings. The number of nitrogens with zero attached hydrogens (tertiary/aromatic N) is 3. The van der Waals surface area contributed by atoms with Crippen LogP contribution in [0.25, 0.3) is 22.3 Å². The van der Waals surface area contributed by atoms with Crippen LogP contribution in [0.1, 0.15) is 11.1 Å². The SMILES string of the molecule is CN(Cc1ccccc1F)c1ncnc2[nH]c(-c3ccc(CO)cc3)cc12. The van der Waals surface area contributed by atoms with E-state index in [1.165, 1.54) is 12.4 Å². The largest absolute Gasteiger partial charge is 0.392 e. The number of rotatable bonds is 5. The highest BCUT2D eigenvalue weighted by Crippen LogP contribution is 2.29. The van der Waals surface area contributed by atoms with Crippen LogP contribution in [-0.2, 0) is 13.2 Å². The second-order valence-corrected chi connectivity index (χ2v) is 6.45. The van der Waals surface area contributed by atoms with Crippen molar-refractivity contribution >= 4 is 16.9 Å². The maximum absolute atomic E-state index is 14.0. The van der Waals surface area contributed by atoms with Crippen LogP contribution in [0.2, 0.25) is 0 Å². The number of aliphatic hydroxyl groups is 1. The zero-order chi connectivity index (χ0) is 18.8. The Labute approximate surface area is 156 Å². The van der Waals surface area contributed by atoms with Crippen molar-refractivity contribution in [1.82, 2.24) is 15.0 Å². The zero-order valence-electron chi connectivity index (χ0n) is 14.9. The molecule has 27 heavy (non-hydrogen) atoms. The molecule has 136 valence electrons. The minimum Gasteiger partial charge on any atom is -0.392 e. The number of halogens is 1.